The van der Waals surface area contributed by atoms with Crippen molar-refractivity contribution in [2.45, 2.75) is 12.8 Å². The number of nitrogens with zero attached hydrogens (tertiary/aromatic N) is 3. The fourth-order valence-electron chi connectivity index (χ4n) is 3.47. The van der Waals surface area contributed by atoms with Gasteiger partial charge in [0.2, 0.25) is 0 Å². The molecule has 5 heteroatoms. The molecule has 1 radical (unpaired) electrons. The Labute approximate surface area is 142 Å². The van der Waals surface area contributed by atoms with Crippen LogP contribution in [0.2, 0.25) is 0 Å². The van der Waals surface area contributed by atoms with E-state index >= 15 is 0 Å². The van der Waals surface area contributed by atoms with Gasteiger partial charge in [-0.05, 0) is 18.9 Å². The number of Topliss-reactive ketones (excluding diaryl/α,β-unsaturated/α-hetero) is 1. The molecule has 0 aliphatic carbocycles. The fourth-order valence-corrected chi connectivity index (χ4v) is 3.47. The summed E-state index contributed by atoms with van der Waals surface area (Å²) >= 11 is 0. The first kappa shape index (κ1) is 16.9. The number of hydrogen-bond donors (Lipinski definition) is 1. The minimum absolute atomic E-state index is 0.0568. The first-order valence-electron chi connectivity index (χ1n) is 8.36. The SMILES string of the molecule is Cc1c([C@H]2[CH]CN(CCO)C[C@@H]2C(=O)c2ccccc2)cnn1C. The molecule has 2 heterocycles. The lowest BCUT2D eigenvalue weighted by Gasteiger charge is -2.37. The Hall–Kier alpha value is -1.98. The Bertz CT molecular complexity index is 696. The molecule has 1 N–H and O–H groups in total. The second-order valence-electron chi connectivity index (χ2n) is 6.39. The molecule has 1 aliphatic heterocycles. The molecule has 0 bridgehead atoms. The second-order valence-corrected chi connectivity index (χ2v) is 6.39. The highest BCUT2D eigenvalue weighted by Gasteiger charge is 2.37. The van der Waals surface area contributed by atoms with Crippen molar-refractivity contribution in [3.8, 4) is 0 Å². The maximum Gasteiger partial charge on any atom is 0.167 e. The second kappa shape index (κ2) is 7.28. The number of benzene rings is 1. The lowest BCUT2D eigenvalue weighted by Crippen LogP contribution is -2.44. The Morgan fingerprint density at radius 3 is 2.71 bits per heavy atom. The van der Waals surface area contributed by atoms with E-state index in [0.29, 0.717) is 13.1 Å². The topological polar surface area (TPSA) is 58.4 Å². The van der Waals surface area contributed by atoms with Gasteiger partial charge in [0.1, 0.15) is 0 Å². The first-order valence-corrected chi connectivity index (χ1v) is 8.36. The summed E-state index contributed by atoms with van der Waals surface area (Å²) in [6.07, 6.45) is 4.07. The van der Waals surface area contributed by atoms with E-state index in [2.05, 4.69) is 16.4 Å². The van der Waals surface area contributed by atoms with Crippen molar-refractivity contribution in [2.24, 2.45) is 13.0 Å². The van der Waals surface area contributed by atoms with Gasteiger partial charge >= 0.3 is 0 Å². The van der Waals surface area contributed by atoms with Gasteiger partial charge < -0.3 is 5.11 Å². The number of carbonyl (C=O) groups is 1. The third-order valence-electron chi connectivity index (χ3n) is 4.95. The van der Waals surface area contributed by atoms with Crippen molar-refractivity contribution in [2.75, 3.05) is 26.2 Å². The molecule has 1 fully saturated rings. The summed E-state index contributed by atoms with van der Waals surface area (Å²) in [7, 11) is 1.92. The van der Waals surface area contributed by atoms with Crippen LogP contribution in [0.1, 0.15) is 27.5 Å². The minimum Gasteiger partial charge on any atom is -0.395 e. The first-order chi connectivity index (χ1) is 11.6. The Morgan fingerprint density at radius 1 is 1.33 bits per heavy atom. The monoisotopic (exact) mass is 326 g/mol. The summed E-state index contributed by atoms with van der Waals surface area (Å²) in [5.41, 5.74) is 2.96. The number of carbonyl (C=O) groups excluding carboxylic acids is 1. The van der Waals surface area contributed by atoms with Gasteiger partial charge in [-0.1, -0.05) is 30.3 Å². The predicted octanol–water partition coefficient (Wildman–Crippen LogP) is 1.82. The maximum absolute atomic E-state index is 13.1. The van der Waals surface area contributed by atoms with Crippen LogP contribution in [0.5, 0.6) is 0 Å². The van der Waals surface area contributed by atoms with E-state index in [1.165, 1.54) is 0 Å². The maximum atomic E-state index is 13.1. The van der Waals surface area contributed by atoms with Gasteiger partial charge in [-0.2, -0.15) is 5.10 Å². The van der Waals surface area contributed by atoms with E-state index in [4.69, 9.17) is 0 Å². The normalized spacial score (nSPS) is 21.8. The standard InChI is InChI=1S/C19H24N3O2/c1-14-17(12-20-21(14)2)16-8-9-22(10-11-23)13-18(16)19(24)15-6-4-3-5-7-15/h3-8,12,16,18,23H,9-11,13H2,1-2H3/t16-,18+/m1/s1. The van der Waals surface area contributed by atoms with E-state index in [1.54, 1.807) is 0 Å². The summed E-state index contributed by atoms with van der Waals surface area (Å²) < 4.78 is 1.85. The van der Waals surface area contributed by atoms with Gasteiger partial charge in [0.15, 0.2) is 5.78 Å². The van der Waals surface area contributed by atoms with Crippen LogP contribution in [0, 0.1) is 19.3 Å². The Balaban J connectivity index is 1.91. The number of hydrogen-bond acceptors (Lipinski definition) is 4. The molecular weight excluding hydrogens is 302 g/mol. The molecule has 0 spiro atoms. The van der Waals surface area contributed by atoms with Crippen molar-refractivity contribution in [3.05, 3.63) is 59.8 Å². The van der Waals surface area contributed by atoms with Crippen LogP contribution in [0.25, 0.3) is 0 Å². The van der Waals surface area contributed by atoms with Gasteiger partial charge in [0, 0.05) is 49.8 Å². The third-order valence-corrected chi connectivity index (χ3v) is 4.95. The smallest absolute Gasteiger partial charge is 0.167 e. The number of rotatable bonds is 5. The zero-order valence-electron chi connectivity index (χ0n) is 14.2. The van der Waals surface area contributed by atoms with E-state index in [0.717, 1.165) is 23.4 Å². The number of aliphatic hydroxyl groups excluding tert-OH is 1. The van der Waals surface area contributed by atoms with Crippen LogP contribution < -0.4 is 0 Å². The summed E-state index contributed by atoms with van der Waals surface area (Å²) in [5, 5.41) is 13.6. The van der Waals surface area contributed by atoms with Crippen LogP contribution >= 0.6 is 0 Å². The molecule has 0 amide bonds. The number of aromatic nitrogens is 2. The number of β-amino-alcohol motifs (C(OH)–C–C–N with tert-alkyl or cyclic N) is 1. The van der Waals surface area contributed by atoms with Crippen LogP contribution in [0.3, 0.4) is 0 Å². The molecule has 2 atom stereocenters. The van der Waals surface area contributed by atoms with Gasteiger partial charge in [0.25, 0.3) is 0 Å². The molecule has 5 nitrogen and oxygen atoms in total. The largest absolute Gasteiger partial charge is 0.395 e. The quantitative estimate of drug-likeness (QED) is 0.852. The highest BCUT2D eigenvalue weighted by atomic mass is 16.3. The lowest BCUT2D eigenvalue weighted by atomic mass is 9.76. The minimum atomic E-state index is -0.157. The average molecular weight is 326 g/mol. The van der Waals surface area contributed by atoms with Crippen molar-refractivity contribution in [1.82, 2.24) is 14.7 Å². The lowest BCUT2D eigenvalue weighted by molar-refractivity contribution is 0.0808. The van der Waals surface area contributed by atoms with Crippen LogP contribution in [-0.2, 0) is 7.05 Å². The van der Waals surface area contributed by atoms with E-state index in [1.807, 2.05) is 55.2 Å². The number of likely N-dealkylation sites (tertiary alicyclic amines) is 1. The predicted molar refractivity (Wildman–Crippen MR) is 92.8 cm³/mol. The molecule has 2 aromatic rings. The fraction of sp³-hybridized carbons (Fsp3) is 0.421. The molecule has 1 aromatic heterocycles. The Morgan fingerprint density at radius 2 is 2.08 bits per heavy atom. The molecule has 0 unspecified atom stereocenters. The van der Waals surface area contributed by atoms with Gasteiger partial charge in [-0.3, -0.25) is 14.4 Å². The van der Waals surface area contributed by atoms with Crippen LogP contribution in [0.15, 0.2) is 36.5 Å². The zero-order valence-corrected chi connectivity index (χ0v) is 14.2. The number of ketones is 1. The summed E-state index contributed by atoms with van der Waals surface area (Å²) in [5.74, 6) is 0.0553. The third kappa shape index (κ3) is 3.28. The van der Waals surface area contributed by atoms with Crippen molar-refractivity contribution in [1.29, 1.82) is 0 Å². The molecule has 24 heavy (non-hydrogen) atoms. The highest BCUT2D eigenvalue weighted by molar-refractivity contribution is 5.98. The van der Waals surface area contributed by atoms with Crippen molar-refractivity contribution < 1.29 is 9.90 Å². The molecule has 1 aliphatic rings. The Kier molecular flexibility index (Phi) is 5.11. The molecule has 3 rings (SSSR count). The van der Waals surface area contributed by atoms with E-state index in [-0.39, 0.29) is 24.2 Å². The number of aryl methyl sites for hydroxylation is 1. The number of piperidine rings is 1. The van der Waals surface area contributed by atoms with Crippen molar-refractivity contribution in [3.63, 3.8) is 0 Å². The summed E-state index contributed by atoms with van der Waals surface area (Å²) in [6, 6.07) is 9.47. The summed E-state index contributed by atoms with van der Waals surface area (Å²) in [4.78, 5) is 15.2. The zero-order chi connectivity index (χ0) is 17.1. The molecular formula is C19H24N3O2. The van der Waals surface area contributed by atoms with Gasteiger partial charge in [0.05, 0.1) is 12.8 Å². The molecule has 1 saturated heterocycles. The summed E-state index contributed by atoms with van der Waals surface area (Å²) in [6.45, 7) is 4.17. The van der Waals surface area contributed by atoms with Gasteiger partial charge in [-0.25, -0.2) is 0 Å². The highest BCUT2D eigenvalue weighted by Crippen LogP contribution is 2.35. The average Bonchev–Trinajstić information content (AvgIpc) is 2.94. The van der Waals surface area contributed by atoms with E-state index in [9.17, 15) is 9.90 Å². The van der Waals surface area contributed by atoms with E-state index < -0.39 is 0 Å². The number of aliphatic hydroxyl groups is 1. The van der Waals surface area contributed by atoms with Crippen LogP contribution in [-0.4, -0.2) is 51.8 Å². The van der Waals surface area contributed by atoms with Gasteiger partial charge in [-0.15, -0.1) is 0 Å². The van der Waals surface area contributed by atoms with Crippen LogP contribution in [0.4, 0.5) is 0 Å². The molecule has 1 aromatic carbocycles. The van der Waals surface area contributed by atoms with Crippen molar-refractivity contribution >= 4 is 5.78 Å². The molecule has 0 saturated carbocycles. The molecule has 127 valence electrons.